The van der Waals surface area contributed by atoms with Crippen molar-refractivity contribution in [2.75, 3.05) is 6.54 Å². The zero-order chi connectivity index (χ0) is 19.5. The van der Waals surface area contributed by atoms with Crippen LogP contribution in [0.25, 0.3) is 16.8 Å². The van der Waals surface area contributed by atoms with Crippen molar-refractivity contribution < 1.29 is 18.8 Å². The van der Waals surface area contributed by atoms with Crippen molar-refractivity contribution in [1.82, 2.24) is 10.2 Å². The first kappa shape index (κ1) is 18.1. The quantitative estimate of drug-likeness (QED) is 0.669. The first-order valence-electron chi connectivity index (χ1n) is 8.64. The molecule has 0 aliphatic carbocycles. The molecule has 1 fully saturated rings. The minimum Gasteiger partial charge on any atom is -0.467 e. The van der Waals surface area contributed by atoms with Crippen LogP contribution in [-0.4, -0.2) is 28.5 Å². The number of fused-ring (bicyclic) bond motifs is 1. The lowest BCUT2D eigenvalue weighted by Crippen LogP contribution is -2.39. The molecule has 140 valence electrons. The number of furan rings is 1. The number of thioether (sulfide) groups is 1. The van der Waals surface area contributed by atoms with Gasteiger partial charge in [-0.05, 0) is 46.3 Å². The van der Waals surface area contributed by atoms with E-state index < -0.39 is 17.1 Å². The van der Waals surface area contributed by atoms with Crippen LogP contribution < -0.4 is 5.32 Å². The number of hydrogen-bond donors (Lipinski definition) is 1. The molecule has 1 N–H and O–H groups in total. The predicted octanol–water partition coefficient (Wildman–Crippen LogP) is 3.79. The second kappa shape index (κ2) is 7.74. The van der Waals surface area contributed by atoms with E-state index >= 15 is 0 Å². The van der Waals surface area contributed by atoms with E-state index in [1.807, 2.05) is 42.5 Å². The molecule has 0 atom stereocenters. The van der Waals surface area contributed by atoms with Gasteiger partial charge in [-0.2, -0.15) is 0 Å². The summed E-state index contributed by atoms with van der Waals surface area (Å²) in [6.07, 6.45) is 3.21. The van der Waals surface area contributed by atoms with E-state index in [0.717, 1.165) is 33.0 Å². The van der Waals surface area contributed by atoms with Crippen LogP contribution in [0.15, 0.2) is 70.2 Å². The molecular weight excluding hydrogens is 376 g/mol. The Hall–Kier alpha value is -3.32. The van der Waals surface area contributed by atoms with Crippen LogP contribution >= 0.6 is 11.8 Å². The molecule has 2 aromatic carbocycles. The molecule has 3 aromatic rings. The molecule has 6 nitrogen and oxygen atoms in total. The standard InChI is InChI=1S/C21H16N2O4S/c24-19(22-12-16-8-4-10-27-16)13-23-20(25)18(28-21(23)26)11-15-7-3-6-14-5-1-2-9-17(14)15/h1-11H,12-13H2,(H,22,24)/b18-11-. The third kappa shape index (κ3) is 3.70. The maximum Gasteiger partial charge on any atom is 0.294 e. The zero-order valence-electron chi connectivity index (χ0n) is 14.8. The topological polar surface area (TPSA) is 79.6 Å². The number of hydrogen-bond acceptors (Lipinski definition) is 5. The molecule has 0 radical (unpaired) electrons. The van der Waals surface area contributed by atoms with Crippen LogP contribution in [-0.2, 0) is 16.1 Å². The number of nitrogens with one attached hydrogen (secondary N) is 1. The highest BCUT2D eigenvalue weighted by molar-refractivity contribution is 8.18. The molecule has 1 aliphatic rings. The van der Waals surface area contributed by atoms with Gasteiger partial charge < -0.3 is 9.73 Å². The SMILES string of the molecule is O=C(CN1C(=O)S/C(=C\c2cccc3ccccc23)C1=O)NCc1ccco1. The zero-order valence-corrected chi connectivity index (χ0v) is 15.6. The van der Waals surface area contributed by atoms with Crippen LogP contribution in [0.3, 0.4) is 0 Å². The van der Waals surface area contributed by atoms with E-state index in [1.165, 1.54) is 6.26 Å². The maximum absolute atomic E-state index is 12.6. The molecule has 4 rings (SSSR count). The smallest absolute Gasteiger partial charge is 0.294 e. The third-order valence-corrected chi connectivity index (χ3v) is 5.23. The summed E-state index contributed by atoms with van der Waals surface area (Å²) in [6, 6.07) is 17.1. The Kier molecular flexibility index (Phi) is 4.99. The fourth-order valence-electron chi connectivity index (χ4n) is 2.95. The fraction of sp³-hybridized carbons (Fsp3) is 0.0952. The van der Waals surface area contributed by atoms with Crippen molar-refractivity contribution in [2.24, 2.45) is 0 Å². The molecule has 1 saturated heterocycles. The van der Waals surface area contributed by atoms with Gasteiger partial charge in [0.2, 0.25) is 5.91 Å². The Labute approximate surface area is 165 Å². The minimum absolute atomic E-state index is 0.202. The Morgan fingerprint density at radius 2 is 1.89 bits per heavy atom. The number of benzene rings is 2. The van der Waals surface area contributed by atoms with Gasteiger partial charge in [-0.25, -0.2) is 0 Å². The van der Waals surface area contributed by atoms with Crippen LogP contribution in [0.4, 0.5) is 4.79 Å². The van der Waals surface area contributed by atoms with Gasteiger partial charge in [-0.1, -0.05) is 42.5 Å². The van der Waals surface area contributed by atoms with E-state index in [4.69, 9.17) is 4.42 Å². The van der Waals surface area contributed by atoms with Gasteiger partial charge in [0, 0.05) is 0 Å². The normalized spacial score (nSPS) is 15.6. The highest BCUT2D eigenvalue weighted by atomic mass is 32.2. The van der Waals surface area contributed by atoms with Gasteiger partial charge in [0.25, 0.3) is 11.1 Å². The monoisotopic (exact) mass is 392 g/mol. The van der Waals surface area contributed by atoms with Gasteiger partial charge in [0.05, 0.1) is 17.7 Å². The van der Waals surface area contributed by atoms with E-state index in [2.05, 4.69) is 5.32 Å². The maximum atomic E-state index is 12.6. The van der Waals surface area contributed by atoms with Gasteiger partial charge in [0.1, 0.15) is 12.3 Å². The van der Waals surface area contributed by atoms with E-state index in [-0.39, 0.29) is 13.1 Å². The van der Waals surface area contributed by atoms with E-state index in [0.29, 0.717) is 10.7 Å². The van der Waals surface area contributed by atoms with Crippen molar-refractivity contribution in [3.8, 4) is 0 Å². The molecule has 0 unspecified atom stereocenters. The minimum atomic E-state index is -0.462. The summed E-state index contributed by atoms with van der Waals surface area (Å²) < 4.78 is 5.14. The van der Waals surface area contributed by atoms with Gasteiger partial charge in [-0.3, -0.25) is 19.3 Å². The van der Waals surface area contributed by atoms with Crippen LogP contribution in [0.1, 0.15) is 11.3 Å². The van der Waals surface area contributed by atoms with Crippen molar-refractivity contribution in [3.05, 3.63) is 77.1 Å². The number of nitrogens with zero attached hydrogens (tertiary/aromatic N) is 1. The molecular formula is C21H16N2O4S. The summed E-state index contributed by atoms with van der Waals surface area (Å²) in [6.45, 7) is -0.119. The molecule has 7 heteroatoms. The number of imide groups is 1. The lowest BCUT2D eigenvalue weighted by molar-refractivity contribution is -0.129. The Morgan fingerprint density at radius 1 is 1.07 bits per heavy atom. The number of amides is 3. The Balaban J connectivity index is 1.49. The highest BCUT2D eigenvalue weighted by Gasteiger charge is 2.36. The largest absolute Gasteiger partial charge is 0.467 e. The van der Waals surface area contributed by atoms with Crippen molar-refractivity contribution >= 4 is 45.7 Å². The molecule has 0 saturated carbocycles. The fourth-order valence-corrected chi connectivity index (χ4v) is 3.78. The lowest BCUT2D eigenvalue weighted by Gasteiger charge is -2.11. The van der Waals surface area contributed by atoms with Crippen LogP contribution in [0.2, 0.25) is 0 Å². The highest BCUT2D eigenvalue weighted by Crippen LogP contribution is 2.33. The summed E-state index contributed by atoms with van der Waals surface area (Å²) in [5.41, 5.74) is 0.853. The molecule has 0 bridgehead atoms. The van der Waals surface area contributed by atoms with Gasteiger partial charge >= 0.3 is 0 Å². The van der Waals surface area contributed by atoms with Gasteiger partial charge in [-0.15, -0.1) is 0 Å². The van der Waals surface area contributed by atoms with Crippen molar-refractivity contribution in [3.63, 3.8) is 0 Å². The van der Waals surface area contributed by atoms with Crippen molar-refractivity contribution in [1.29, 1.82) is 0 Å². The summed E-state index contributed by atoms with van der Waals surface area (Å²) in [7, 11) is 0. The molecule has 1 aliphatic heterocycles. The Bertz CT molecular complexity index is 1080. The van der Waals surface area contributed by atoms with Crippen LogP contribution in [0.5, 0.6) is 0 Å². The Morgan fingerprint density at radius 3 is 2.71 bits per heavy atom. The number of carbonyl (C=O) groups is 3. The third-order valence-electron chi connectivity index (χ3n) is 4.33. The first-order valence-corrected chi connectivity index (χ1v) is 9.46. The molecule has 3 amide bonds. The molecule has 0 spiro atoms. The van der Waals surface area contributed by atoms with Crippen LogP contribution in [0, 0.1) is 0 Å². The number of carbonyl (C=O) groups excluding carboxylic acids is 3. The number of rotatable bonds is 5. The predicted molar refractivity (Wildman–Crippen MR) is 107 cm³/mol. The summed E-state index contributed by atoms with van der Waals surface area (Å²) >= 11 is 0.843. The van der Waals surface area contributed by atoms with E-state index in [9.17, 15) is 14.4 Å². The lowest BCUT2D eigenvalue weighted by atomic mass is 10.0. The summed E-state index contributed by atoms with van der Waals surface area (Å²) in [5, 5.41) is 4.22. The van der Waals surface area contributed by atoms with Crippen molar-refractivity contribution in [2.45, 2.75) is 6.54 Å². The second-order valence-corrected chi connectivity index (χ2v) is 7.19. The molecule has 28 heavy (non-hydrogen) atoms. The average Bonchev–Trinajstić information content (AvgIpc) is 3.31. The van der Waals surface area contributed by atoms with E-state index in [1.54, 1.807) is 18.2 Å². The molecule has 2 heterocycles. The summed E-state index contributed by atoms with van der Waals surface area (Å²) in [5.74, 6) is -0.292. The average molecular weight is 392 g/mol. The molecule has 1 aromatic heterocycles. The second-order valence-electron chi connectivity index (χ2n) is 6.19. The van der Waals surface area contributed by atoms with Gasteiger partial charge in [0.15, 0.2) is 0 Å². The first-order chi connectivity index (χ1) is 13.6. The summed E-state index contributed by atoms with van der Waals surface area (Å²) in [4.78, 5) is 38.2.